The Kier molecular flexibility index (Phi) is 5.73. The number of hydrogen-bond donors (Lipinski definition) is 3. The largest absolute Gasteiger partial charge is 0.340 e. The smallest absolute Gasteiger partial charge is 0.273 e. The first-order valence-corrected chi connectivity index (χ1v) is 9.12. The summed E-state index contributed by atoms with van der Waals surface area (Å²) < 4.78 is 0. The maximum atomic E-state index is 12.6. The molecule has 26 heavy (non-hydrogen) atoms. The predicted octanol–water partition coefficient (Wildman–Crippen LogP) is 3.01. The number of alkyl halides is 1. The van der Waals surface area contributed by atoms with Crippen molar-refractivity contribution in [3.63, 3.8) is 0 Å². The van der Waals surface area contributed by atoms with Gasteiger partial charge in [-0.2, -0.15) is 0 Å². The van der Waals surface area contributed by atoms with Gasteiger partial charge in [-0.15, -0.1) is 11.6 Å². The standard InChI is InChI=1S/C19H21ClN4O2/c1-12-6-8-14(9-7-12)21-18-15(19(26)24-23-17(25)11-20)10-13-4-2-3-5-16(13)22-18/h6-10H,2-5,11H2,1H3,(H,21,22)(H,23,25)(H,24,26). The van der Waals surface area contributed by atoms with Crippen LogP contribution in [0.2, 0.25) is 0 Å². The quantitative estimate of drug-likeness (QED) is 0.569. The van der Waals surface area contributed by atoms with Crippen molar-refractivity contribution in [1.82, 2.24) is 15.8 Å². The fraction of sp³-hybridized carbons (Fsp3) is 0.316. The number of anilines is 2. The maximum absolute atomic E-state index is 12.6. The minimum Gasteiger partial charge on any atom is -0.340 e. The maximum Gasteiger partial charge on any atom is 0.273 e. The summed E-state index contributed by atoms with van der Waals surface area (Å²) in [5, 5.41) is 3.22. The number of hydrogen-bond acceptors (Lipinski definition) is 4. The Bertz CT molecular complexity index is 821. The zero-order valence-electron chi connectivity index (χ0n) is 14.6. The molecule has 0 saturated heterocycles. The lowest BCUT2D eigenvalue weighted by Gasteiger charge is -2.19. The molecule has 1 aliphatic carbocycles. The van der Waals surface area contributed by atoms with E-state index in [0.717, 1.165) is 48.2 Å². The Morgan fingerprint density at radius 3 is 2.58 bits per heavy atom. The van der Waals surface area contributed by atoms with Crippen LogP contribution in [0.4, 0.5) is 11.5 Å². The number of carbonyl (C=O) groups is 2. The van der Waals surface area contributed by atoms with Crippen LogP contribution in [0.15, 0.2) is 30.3 Å². The predicted molar refractivity (Wildman–Crippen MR) is 102 cm³/mol. The first-order chi connectivity index (χ1) is 12.6. The summed E-state index contributed by atoms with van der Waals surface area (Å²) in [6.45, 7) is 2.01. The fourth-order valence-corrected chi connectivity index (χ4v) is 2.97. The van der Waals surface area contributed by atoms with Crippen molar-refractivity contribution in [3.8, 4) is 0 Å². The molecule has 3 rings (SSSR count). The van der Waals surface area contributed by atoms with E-state index in [1.165, 1.54) is 0 Å². The summed E-state index contributed by atoms with van der Waals surface area (Å²) >= 11 is 5.44. The zero-order valence-corrected chi connectivity index (χ0v) is 15.3. The Labute approximate surface area is 157 Å². The van der Waals surface area contributed by atoms with Gasteiger partial charge >= 0.3 is 0 Å². The summed E-state index contributed by atoms with van der Waals surface area (Å²) in [4.78, 5) is 28.6. The number of aryl methyl sites for hydroxylation is 3. The lowest BCUT2D eigenvalue weighted by atomic mass is 9.94. The van der Waals surface area contributed by atoms with Crippen molar-refractivity contribution in [3.05, 3.63) is 52.7 Å². The molecule has 1 aromatic carbocycles. The molecule has 1 aromatic heterocycles. The molecule has 0 saturated carbocycles. The van der Waals surface area contributed by atoms with E-state index < -0.39 is 11.8 Å². The van der Waals surface area contributed by atoms with Crippen molar-refractivity contribution in [2.24, 2.45) is 0 Å². The molecule has 0 spiro atoms. The number of benzene rings is 1. The highest BCUT2D eigenvalue weighted by molar-refractivity contribution is 6.27. The SMILES string of the molecule is Cc1ccc(Nc2nc3c(cc2C(=O)NNC(=O)CCl)CCCC3)cc1. The van der Waals surface area contributed by atoms with Crippen LogP contribution in [0.3, 0.4) is 0 Å². The molecule has 2 aromatic rings. The van der Waals surface area contributed by atoms with Crippen LogP contribution in [-0.2, 0) is 17.6 Å². The fourth-order valence-electron chi connectivity index (χ4n) is 2.90. The van der Waals surface area contributed by atoms with E-state index in [2.05, 4.69) is 21.2 Å². The monoisotopic (exact) mass is 372 g/mol. The lowest BCUT2D eigenvalue weighted by molar-refractivity contribution is -0.119. The molecule has 6 nitrogen and oxygen atoms in total. The minimum atomic E-state index is -0.473. The van der Waals surface area contributed by atoms with Gasteiger partial charge in [-0.3, -0.25) is 20.4 Å². The first-order valence-electron chi connectivity index (χ1n) is 8.58. The molecule has 0 unspecified atom stereocenters. The van der Waals surface area contributed by atoms with Crippen molar-refractivity contribution in [2.45, 2.75) is 32.6 Å². The van der Waals surface area contributed by atoms with Crippen LogP contribution in [0.5, 0.6) is 0 Å². The summed E-state index contributed by atoms with van der Waals surface area (Å²) in [5.74, 6) is -0.651. The van der Waals surface area contributed by atoms with Gasteiger partial charge in [0.25, 0.3) is 11.8 Å². The van der Waals surface area contributed by atoms with E-state index in [1.807, 2.05) is 37.3 Å². The average Bonchev–Trinajstić information content (AvgIpc) is 2.67. The molecule has 2 amide bonds. The Morgan fingerprint density at radius 1 is 1.12 bits per heavy atom. The van der Waals surface area contributed by atoms with Crippen molar-refractivity contribution in [2.75, 3.05) is 11.2 Å². The van der Waals surface area contributed by atoms with Gasteiger partial charge in [-0.1, -0.05) is 17.7 Å². The van der Waals surface area contributed by atoms with E-state index in [1.54, 1.807) is 0 Å². The Morgan fingerprint density at radius 2 is 1.85 bits per heavy atom. The van der Waals surface area contributed by atoms with Crippen LogP contribution >= 0.6 is 11.6 Å². The number of rotatable bonds is 4. The van der Waals surface area contributed by atoms with E-state index in [4.69, 9.17) is 11.6 Å². The second kappa shape index (κ2) is 8.19. The van der Waals surface area contributed by atoms with E-state index in [0.29, 0.717) is 11.4 Å². The topological polar surface area (TPSA) is 83.1 Å². The number of pyridine rings is 1. The van der Waals surface area contributed by atoms with Gasteiger partial charge in [0.1, 0.15) is 11.7 Å². The minimum absolute atomic E-state index is 0.225. The average molecular weight is 373 g/mol. The molecule has 0 fully saturated rings. The number of hydrazine groups is 1. The number of halogens is 1. The number of carbonyl (C=O) groups excluding carboxylic acids is 2. The third kappa shape index (κ3) is 4.32. The number of nitrogens with zero attached hydrogens (tertiary/aromatic N) is 1. The molecule has 0 aliphatic heterocycles. The molecular formula is C19H21ClN4O2. The number of nitrogens with one attached hydrogen (secondary N) is 3. The second-order valence-electron chi connectivity index (χ2n) is 6.32. The molecule has 3 N–H and O–H groups in total. The highest BCUT2D eigenvalue weighted by Gasteiger charge is 2.20. The van der Waals surface area contributed by atoms with Crippen molar-refractivity contribution >= 4 is 34.9 Å². The van der Waals surface area contributed by atoms with E-state index in [9.17, 15) is 9.59 Å². The van der Waals surface area contributed by atoms with Crippen LogP contribution in [0, 0.1) is 6.92 Å². The lowest BCUT2D eigenvalue weighted by Crippen LogP contribution is -2.42. The van der Waals surface area contributed by atoms with Crippen molar-refractivity contribution < 1.29 is 9.59 Å². The van der Waals surface area contributed by atoms with E-state index >= 15 is 0 Å². The third-order valence-electron chi connectivity index (χ3n) is 4.30. The number of amides is 2. The van der Waals surface area contributed by atoms with Gasteiger partial charge in [0.05, 0.1) is 5.56 Å². The highest BCUT2D eigenvalue weighted by atomic mass is 35.5. The summed E-state index contributed by atoms with van der Waals surface area (Å²) in [6.07, 6.45) is 4.00. The van der Waals surface area contributed by atoms with Crippen LogP contribution in [-0.4, -0.2) is 22.7 Å². The summed E-state index contributed by atoms with van der Waals surface area (Å²) in [7, 11) is 0. The molecule has 0 atom stereocenters. The second-order valence-corrected chi connectivity index (χ2v) is 6.59. The molecule has 1 heterocycles. The molecular weight excluding hydrogens is 352 g/mol. The van der Waals surface area contributed by atoms with E-state index in [-0.39, 0.29) is 5.88 Å². The van der Waals surface area contributed by atoms with Crippen LogP contribution in [0.1, 0.15) is 40.0 Å². The third-order valence-corrected chi connectivity index (χ3v) is 4.54. The normalized spacial score (nSPS) is 12.8. The first kappa shape index (κ1) is 18.2. The van der Waals surface area contributed by atoms with Crippen LogP contribution in [0.25, 0.3) is 0 Å². The molecule has 0 bridgehead atoms. The van der Waals surface area contributed by atoms with Gasteiger partial charge in [0, 0.05) is 11.4 Å². The molecule has 0 radical (unpaired) electrons. The summed E-state index contributed by atoms with van der Waals surface area (Å²) in [5.41, 5.74) is 9.16. The van der Waals surface area contributed by atoms with Gasteiger partial charge in [0.15, 0.2) is 0 Å². The number of aromatic nitrogens is 1. The van der Waals surface area contributed by atoms with Gasteiger partial charge in [-0.25, -0.2) is 4.98 Å². The molecule has 1 aliphatic rings. The van der Waals surface area contributed by atoms with Gasteiger partial charge < -0.3 is 5.32 Å². The Balaban J connectivity index is 1.90. The molecule has 7 heteroatoms. The Hall–Kier alpha value is -2.60. The van der Waals surface area contributed by atoms with Crippen LogP contribution < -0.4 is 16.2 Å². The van der Waals surface area contributed by atoms with Gasteiger partial charge in [-0.05, 0) is 56.4 Å². The highest BCUT2D eigenvalue weighted by Crippen LogP contribution is 2.27. The zero-order chi connectivity index (χ0) is 18.5. The number of fused-ring (bicyclic) bond motifs is 1. The van der Waals surface area contributed by atoms with Crippen molar-refractivity contribution in [1.29, 1.82) is 0 Å². The molecule has 136 valence electrons. The summed E-state index contributed by atoms with van der Waals surface area (Å²) in [6, 6.07) is 9.71. The van der Waals surface area contributed by atoms with Gasteiger partial charge in [0.2, 0.25) is 0 Å².